The van der Waals surface area contributed by atoms with E-state index < -0.39 is 5.82 Å². The number of rotatable bonds is 3. The van der Waals surface area contributed by atoms with Gasteiger partial charge in [0, 0.05) is 12.7 Å². The van der Waals surface area contributed by atoms with Gasteiger partial charge in [-0.15, -0.1) is 0 Å². The van der Waals surface area contributed by atoms with Gasteiger partial charge >= 0.3 is 0 Å². The number of amides is 1. The number of likely N-dealkylation sites (tertiary alicyclic amines) is 1. The van der Waals surface area contributed by atoms with Gasteiger partial charge < -0.3 is 4.90 Å². The molecule has 0 aliphatic carbocycles. The van der Waals surface area contributed by atoms with Crippen LogP contribution >= 0.6 is 0 Å². The third kappa shape index (κ3) is 2.98. The molecule has 4 nitrogen and oxygen atoms in total. The lowest BCUT2D eigenvalue weighted by Gasteiger charge is -2.24. The molecule has 1 aliphatic heterocycles. The van der Waals surface area contributed by atoms with E-state index in [1.165, 1.54) is 22.9 Å². The molecule has 4 rings (SSSR count). The summed E-state index contributed by atoms with van der Waals surface area (Å²) in [5.74, 6) is -0.903. The highest BCUT2D eigenvalue weighted by Gasteiger charge is 2.31. The minimum absolute atomic E-state index is 0.0956. The molecule has 0 saturated carbocycles. The Morgan fingerprint density at radius 3 is 2.58 bits per heavy atom. The van der Waals surface area contributed by atoms with Crippen LogP contribution in [0.15, 0.2) is 60.8 Å². The fourth-order valence-corrected chi connectivity index (χ4v) is 3.40. The topological polar surface area (TPSA) is 38.1 Å². The predicted octanol–water partition coefficient (Wildman–Crippen LogP) is 4.13. The van der Waals surface area contributed by atoms with Gasteiger partial charge in [-0.05, 0) is 48.7 Å². The van der Waals surface area contributed by atoms with Gasteiger partial charge in [0.2, 0.25) is 0 Å². The van der Waals surface area contributed by atoms with Crippen LogP contribution in [0.25, 0.3) is 5.69 Å². The summed E-state index contributed by atoms with van der Waals surface area (Å²) in [7, 11) is 0. The highest BCUT2D eigenvalue weighted by molar-refractivity contribution is 5.92. The number of para-hydroxylation sites is 1. The summed E-state index contributed by atoms with van der Waals surface area (Å²) < 4.78 is 28.4. The SMILES string of the molecule is O=C(c1ccn(-c2ccccc2F)n1)N1CCCC1c1ccc(F)cc1. The van der Waals surface area contributed by atoms with Crippen LogP contribution < -0.4 is 0 Å². The molecule has 0 N–H and O–H groups in total. The fraction of sp³-hybridized carbons (Fsp3) is 0.200. The normalized spacial score (nSPS) is 16.8. The minimum atomic E-state index is -0.403. The molecule has 1 unspecified atom stereocenters. The molecule has 0 radical (unpaired) electrons. The van der Waals surface area contributed by atoms with Gasteiger partial charge in [0.05, 0.1) is 6.04 Å². The first-order valence-corrected chi connectivity index (χ1v) is 8.50. The molecule has 3 aromatic rings. The molecular formula is C20H17F2N3O. The quantitative estimate of drug-likeness (QED) is 0.710. The third-order valence-corrected chi connectivity index (χ3v) is 4.68. The molecule has 0 bridgehead atoms. The molecule has 0 spiro atoms. The monoisotopic (exact) mass is 353 g/mol. The number of aromatic nitrogens is 2. The number of hydrogen-bond acceptors (Lipinski definition) is 2. The van der Waals surface area contributed by atoms with Crippen LogP contribution in [-0.4, -0.2) is 27.1 Å². The second-order valence-electron chi connectivity index (χ2n) is 6.31. The van der Waals surface area contributed by atoms with E-state index in [-0.39, 0.29) is 23.5 Å². The van der Waals surface area contributed by atoms with E-state index in [9.17, 15) is 13.6 Å². The second-order valence-corrected chi connectivity index (χ2v) is 6.31. The maximum atomic E-state index is 13.9. The van der Waals surface area contributed by atoms with E-state index in [1.54, 1.807) is 47.5 Å². The van der Waals surface area contributed by atoms with E-state index in [1.807, 2.05) is 0 Å². The van der Waals surface area contributed by atoms with E-state index in [0.29, 0.717) is 12.2 Å². The van der Waals surface area contributed by atoms with Gasteiger partial charge in [0.25, 0.3) is 5.91 Å². The zero-order valence-electron chi connectivity index (χ0n) is 14.0. The van der Waals surface area contributed by atoms with Crippen molar-refractivity contribution in [1.82, 2.24) is 14.7 Å². The van der Waals surface area contributed by atoms with Gasteiger partial charge in [0.1, 0.15) is 17.3 Å². The summed E-state index contributed by atoms with van der Waals surface area (Å²) in [6, 6.07) is 14.0. The second kappa shape index (κ2) is 6.71. The molecule has 1 fully saturated rings. The molecule has 1 aliphatic rings. The van der Waals surface area contributed by atoms with Crippen molar-refractivity contribution < 1.29 is 13.6 Å². The Labute approximate surface area is 149 Å². The summed E-state index contributed by atoms with van der Waals surface area (Å²) in [5, 5.41) is 4.25. The lowest BCUT2D eigenvalue weighted by atomic mass is 10.0. The molecule has 26 heavy (non-hydrogen) atoms. The molecular weight excluding hydrogens is 336 g/mol. The maximum Gasteiger partial charge on any atom is 0.274 e. The standard InChI is InChI=1S/C20H17F2N3O/c21-15-9-7-14(8-10-15)18-6-3-12-24(18)20(26)17-11-13-25(23-17)19-5-2-1-4-16(19)22/h1-2,4-5,7-11,13,18H,3,6,12H2. The summed E-state index contributed by atoms with van der Waals surface area (Å²) in [6.07, 6.45) is 3.28. The summed E-state index contributed by atoms with van der Waals surface area (Å²) in [6.45, 7) is 0.618. The zero-order valence-corrected chi connectivity index (χ0v) is 14.0. The van der Waals surface area contributed by atoms with Gasteiger partial charge in [-0.1, -0.05) is 24.3 Å². The van der Waals surface area contributed by atoms with Crippen LogP contribution in [0.2, 0.25) is 0 Å². The maximum absolute atomic E-state index is 13.9. The Morgan fingerprint density at radius 1 is 1.04 bits per heavy atom. The molecule has 1 aromatic heterocycles. The molecule has 2 aromatic carbocycles. The molecule has 132 valence electrons. The van der Waals surface area contributed by atoms with Gasteiger partial charge in [-0.3, -0.25) is 4.79 Å². The van der Waals surface area contributed by atoms with Crippen LogP contribution in [0.3, 0.4) is 0 Å². The molecule has 1 atom stereocenters. The van der Waals surface area contributed by atoms with Gasteiger partial charge in [0.15, 0.2) is 5.69 Å². The Bertz CT molecular complexity index is 936. The number of hydrogen-bond donors (Lipinski definition) is 0. The average Bonchev–Trinajstić information content (AvgIpc) is 3.32. The first-order valence-electron chi connectivity index (χ1n) is 8.50. The Balaban J connectivity index is 1.59. The van der Waals surface area contributed by atoms with Crippen LogP contribution in [0.1, 0.15) is 34.9 Å². The highest BCUT2D eigenvalue weighted by Crippen LogP contribution is 2.33. The van der Waals surface area contributed by atoms with E-state index in [4.69, 9.17) is 0 Å². The molecule has 2 heterocycles. The van der Waals surface area contributed by atoms with Gasteiger partial charge in [-0.2, -0.15) is 5.10 Å². The van der Waals surface area contributed by atoms with Crippen molar-refractivity contribution in [3.05, 3.63) is 83.7 Å². The predicted molar refractivity (Wildman–Crippen MR) is 92.9 cm³/mol. The third-order valence-electron chi connectivity index (χ3n) is 4.68. The van der Waals surface area contributed by atoms with Crippen LogP contribution in [0.5, 0.6) is 0 Å². The van der Waals surface area contributed by atoms with Crippen molar-refractivity contribution >= 4 is 5.91 Å². The van der Waals surface area contributed by atoms with Crippen molar-refractivity contribution in [2.75, 3.05) is 6.54 Å². The largest absolute Gasteiger partial charge is 0.330 e. The van der Waals surface area contributed by atoms with E-state index >= 15 is 0 Å². The lowest BCUT2D eigenvalue weighted by molar-refractivity contribution is 0.0729. The lowest BCUT2D eigenvalue weighted by Crippen LogP contribution is -2.31. The first kappa shape index (κ1) is 16.4. The molecule has 6 heteroatoms. The van der Waals surface area contributed by atoms with Crippen molar-refractivity contribution in [3.8, 4) is 5.69 Å². The van der Waals surface area contributed by atoms with Crippen molar-refractivity contribution in [2.45, 2.75) is 18.9 Å². The zero-order chi connectivity index (χ0) is 18.1. The van der Waals surface area contributed by atoms with Crippen LogP contribution in [0, 0.1) is 11.6 Å². The highest BCUT2D eigenvalue weighted by atomic mass is 19.1. The smallest absolute Gasteiger partial charge is 0.274 e. The number of halogens is 2. The number of carbonyl (C=O) groups is 1. The summed E-state index contributed by atoms with van der Waals surface area (Å²) in [4.78, 5) is 14.7. The van der Waals surface area contributed by atoms with Crippen molar-refractivity contribution in [3.63, 3.8) is 0 Å². The van der Waals surface area contributed by atoms with Crippen molar-refractivity contribution in [2.24, 2.45) is 0 Å². The van der Waals surface area contributed by atoms with Crippen LogP contribution in [0.4, 0.5) is 8.78 Å². The number of carbonyl (C=O) groups excluding carboxylic acids is 1. The Kier molecular flexibility index (Phi) is 4.24. The van der Waals surface area contributed by atoms with E-state index in [0.717, 1.165) is 18.4 Å². The molecule has 1 saturated heterocycles. The fourth-order valence-electron chi connectivity index (χ4n) is 3.40. The number of nitrogens with zero attached hydrogens (tertiary/aromatic N) is 3. The Hall–Kier alpha value is -3.02. The van der Waals surface area contributed by atoms with Crippen molar-refractivity contribution in [1.29, 1.82) is 0 Å². The first-order chi connectivity index (χ1) is 12.6. The average molecular weight is 353 g/mol. The summed E-state index contributed by atoms with van der Waals surface area (Å²) in [5.41, 5.74) is 1.47. The summed E-state index contributed by atoms with van der Waals surface area (Å²) >= 11 is 0. The molecule has 1 amide bonds. The minimum Gasteiger partial charge on any atom is -0.330 e. The Morgan fingerprint density at radius 2 is 1.81 bits per heavy atom. The van der Waals surface area contributed by atoms with E-state index in [2.05, 4.69) is 5.10 Å². The number of benzene rings is 2. The van der Waals surface area contributed by atoms with Crippen LogP contribution in [-0.2, 0) is 0 Å². The van der Waals surface area contributed by atoms with Gasteiger partial charge in [-0.25, -0.2) is 13.5 Å².